The number of aromatic nitrogens is 2. The molecule has 2 fully saturated rings. The lowest BCUT2D eigenvalue weighted by Crippen LogP contribution is -2.64. The van der Waals surface area contributed by atoms with Crippen LogP contribution in [0.2, 0.25) is 0 Å². The number of imidazole rings is 1. The van der Waals surface area contributed by atoms with Crippen molar-refractivity contribution >= 4 is 32.8 Å². The number of carbonyl (C=O) groups is 2. The molecule has 0 bridgehead atoms. The Morgan fingerprint density at radius 3 is 2.84 bits per heavy atom. The Morgan fingerprint density at radius 1 is 1.24 bits per heavy atom. The Labute approximate surface area is 142 Å². The van der Waals surface area contributed by atoms with Crippen molar-refractivity contribution in [3.8, 4) is 0 Å². The van der Waals surface area contributed by atoms with Crippen molar-refractivity contribution in [1.82, 2.24) is 20.3 Å². The first kappa shape index (κ1) is 16.0. The van der Waals surface area contributed by atoms with Gasteiger partial charge in [0, 0.05) is 0 Å². The van der Waals surface area contributed by atoms with E-state index in [0.29, 0.717) is 30.3 Å². The summed E-state index contributed by atoms with van der Waals surface area (Å²) < 4.78 is 26.3. The molecule has 2 aromatic rings. The minimum absolute atomic E-state index is 0.0345. The molecule has 1 aromatic heterocycles. The highest BCUT2D eigenvalue weighted by atomic mass is 32.2. The van der Waals surface area contributed by atoms with Gasteiger partial charge in [0.1, 0.15) is 0 Å². The standard InChI is InChI=1S/C15H16N4O5S/c20-14-9-2-1-3-12(13(9)18-15(21)19(14)22)25(23,24)8-4-5-10-11(6-8)17-7-16-10/h4-7,9,12-13,22H,1-3H2,(H,16,17)(H,18,21). The molecule has 25 heavy (non-hydrogen) atoms. The summed E-state index contributed by atoms with van der Waals surface area (Å²) in [5.41, 5.74) is 1.25. The van der Waals surface area contributed by atoms with Crippen molar-refractivity contribution < 1.29 is 23.2 Å². The molecule has 2 heterocycles. The molecule has 1 aliphatic heterocycles. The lowest BCUT2D eigenvalue weighted by atomic mass is 9.82. The molecule has 1 saturated heterocycles. The third-order valence-corrected chi connectivity index (χ3v) is 7.20. The summed E-state index contributed by atoms with van der Waals surface area (Å²) in [7, 11) is -3.78. The average Bonchev–Trinajstić information content (AvgIpc) is 3.07. The Hall–Kier alpha value is -2.46. The Morgan fingerprint density at radius 2 is 2.04 bits per heavy atom. The fourth-order valence-corrected chi connectivity index (χ4v) is 5.71. The molecule has 1 saturated carbocycles. The summed E-state index contributed by atoms with van der Waals surface area (Å²) in [6.07, 6.45) is 2.76. The Bertz CT molecular complexity index is 969. The fourth-order valence-electron chi connectivity index (χ4n) is 3.70. The number of hydroxylamine groups is 2. The van der Waals surface area contributed by atoms with Crippen LogP contribution in [-0.4, -0.2) is 51.9 Å². The van der Waals surface area contributed by atoms with Gasteiger partial charge in [-0.15, -0.1) is 5.06 Å². The van der Waals surface area contributed by atoms with E-state index >= 15 is 0 Å². The number of nitrogens with zero attached hydrogens (tertiary/aromatic N) is 2. The summed E-state index contributed by atoms with van der Waals surface area (Å²) in [5, 5.41) is 11.1. The second-order valence-corrected chi connectivity index (χ2v) is 8.49. The highest BCUT2D eigenvalue weighted by molar-refractivity contribution is 7.92. The number of H-pyrrole nitrogens is 1. The molecule has 132 valence electrons. The van der Waals surface area contributed by atoms with E-state index in [0.717, 1.165) is 0 Å². The van der Waals surface area contributed by atoms with E-state index in [2.05, 4.69) is 15.3 Å². The molecule has 10 heteroatoms. The molecular weight excluding hydrogens is 348 g/mol. The van der Waals surface area contributed by atoms with Crippen molar-refractivity contribution in [1.29, 1.82) is 0 Å². The zero-order valence-electron chi connectivity index (χ0n) is 13.0. The smallest absolute Gasteiger partial charge is 0.345 e. The van der Waals surface area contributed by atoms with Gasteiger partial charge in [0.15, 0.2) is 9.84 Å². The van der Waals surface area contributed by atoms with E-state index in [4.69, 9.17) is 0 Å². The van der Waals surface area contributed by atoms with Crippen LogP contribution in [0.1, 0.15) is 19.3 Å². The molecular formula is C15H16N4O5S. The molecule has 1 aliphatic carbocycles. The number of imide groups is 1. The van der Waals surface area contributed by atoms with Gasteiger partial charge in [0.05, 0.1) is 39.5 Å². The molecule has 0 radical (unpaired) electrons. The van der Waals surface area contributed by atoms with E-state index in [1.165, 1.54) is 18.5 Å². The number of hydrogen-bond acceptors (Lipinski definition) is 6. The zero-order chi connectivity index (χ0) is 17.8. The number of carbonyl (C=O) groups excluding carboxylic acids is 2. The SMILES string of the molecule is O=C1NC2C(CCCC2S(=O)(=O)c2ccc3nc[nH]c3c2)C(=O)N1O. The molecule has 0 spiro atoms. The third kappa shape index (κ3) is 2.40. The van der Waals surface area contributed by atoms with Crippen molar-refractivity contribution in [2.45, 2.75) is 35.4 Å². The normalized spacial score (nSPS) is 27.2. The van der Waals surface area contributed by atoms with Gasteiger partial charge in [-0.25, -0.2) is 18.2 Å². The summed E-state index contributed by atoms with van der Waals surface area (Å²) in [4.78, 5) is 30.9. The van der Waals surface area contributed by atoms with E-state index in [9.17, 15) is 23.2 Å². The van der Waals surface area contributed by atoms with Crippen molar-refractivity contribution in [3.63, 3.8) is 0 Å². The van der Waals surface area contributed by atoms with Crippen LogP contribution >= 0.6 is 0 Å². The Kier molecular flexibility index (Phi) is 3.55. The Balaban J connectivity index is 1.73. The summed E-state index contributed by atoms with van der Waals surface area (Å²) in [6, 6.07) is 2.76. The van der Waals surface area contributed by atoms with Crippen LogP contribution in [0.4, 0.5) is 4.79 Å². The number of hydrogen-bond donors (Lipinski definition) is 3. The molecule has 2 aliphatic rings. The molecule has 9 nitrogen and oxygen atoms in total. The maximum Gasteiger partial charge on any atom is 0.348 e. The molecule has 1 aromatic carbocycles. The van der Waals surface area contributed by atoms with Gasteiger partial charge >= 0.3 is 6.03 Å². The minimum atomic E-state index is -3.78. The van der Waals surface area contributed by atoms with Gasteiger partial charge < -0.3 is 10.3 Å². The molecule has 3 atom stereocenters. The first-order chi connectivity index (χ1) is 11.9. The van der Waals surface area contributed by atoms with Crippen molar-refractivity contribution in [2.75, 3.05) is 0 Å². The van der Waals surface area contributed by atoms with Gasteiger partial charge in [0.2, 0.25) is 0 Å². The number of rotatable bonds is 2. The van der Waals surface area contributed by atoms with E-state index in [-0.39, 0.29) is 9.96 Å². The molecule has 3 N–H and O–H groups in total. The topological polar surface area (TPSA) is 132 Å². The number of fused-ring (bicyclic) bond motifs is 2. The number of nitrogens with one attached hydrogen (secondary N) is 2. The maximum absolute atomic E-state index is 13.1. The van der Waals surface area contributed by atoms with Crippen molar-refractivity contribution in [2.24, 2.45) is 5.92 Å². The number of amides is 3. The summed E-state index contributed by atoms with van der Waals surface area (Å²) in [5.74, 6) is -1.50. The highest BCUT2D eigenvalue weighted by Crippen LogP contribution is 2.35. The third-order valence-electron chi connectivity index (χ3n) is 4.97. The van der Waals surface area contributed by atoms with Gasteiger partial charge in [-0.1, -0.05) is 6.42 Å². The van der Waals surface area contributed by atoms with Crippen LogP contribution in [0.5, 0.6) is 0 Å². The van der Waals surface area contributed by atoms with Gasteiger partial charge in [-0.2, -0.15) is 0 Å². The number of benzene rings is 1. The second-order valence-electron chi connectivity index (χ2n) is 6.33. The number of aromatic amines is 1. The van der Waals surface area contributed by atoms with Crippen LogP contribution in [0.15, 0.2) is 29.4 Å². The first-order valence-corrected chi connectivity index (χ1v) is 9.44. The lowest BCUT2D eigenvalue weighted by molar-refractivity contribution is -0.163. The number of sulfone groups is 1. The van der Waals surface area contributed by atoms with Crippen LogP contribution in [-0.2, 0) is 14.6 Å². The maximum atomic E-state index is 13.1. The van der Waals surface area contributed by atoms with Crippen LogP contribution in [0.3, 0.4) is 0 Å². The van der Waals surface area contributed by atoms with Crippen molar-refractivity contribution in [3.05, 3.63) is 24.5 Å². The molecule has 3 amide bonds. The molecule has 3 unspecified atom stereocenters. The van der Waals surface area contributed by atoms with E-state index < -0.39 is 39.0 Å². The molecule has 4 rings (SSSR count). The van der Waals surface area contributed by atoms with Gasteiger partial charge in [-0.05, 0) is 31.0 Å². The predicted octanol–water partition coefficient (Wildman–Crippen LogP) is 0.815. The largest absolute Gasteiger partial charge is 0.348 e. The first-order valence-electron chi connectivity index (χ1n) is 7.90. The second kappa shape index (κ2) is 5.53. The minimum Gasteiger partial charge on any atom is -0.345 e. The van der Waals surface area contributed by atoms with E-state index in [1.54, 1.807) is 6.07 Å². The van der Waals surface area contributed by atoms with Crippen LogP contribution < -0.4 is 5.32 Å². The predicted molar refractivity (Wildman–Crippen MR) is 85.4 cm³/mol. The monoisotopic (exact) mass is 364 g/mol. The summed E-state index contributed by atoms with van der Waals surface area (Å²) >= 11 is 0. The zero-order valence-corrected chi connectivity index (χ0v) is 13.9. The number of urea groups is 1. The highest BCUT2D eigenvalue weighted by Gasteiger charge is 2.50. The van der Waals surface area contributed by atoms with Gasteiger partial charge in [0.25, 0.3) is 5.91 Å². The van der Waals surface area contributed by atoms with Crippen LogP contribution in [0, 0.1) is 5.92 Å². The van der Waals surface area contributed by atoms with E-state index in [1.807, 2.05) is 0 Å². The lowest BCUT2D eigenvalue weighted by Gasteiger charge is -2.41. The quantitative estimate of drug-likeness (QED) is 0.676. The summed E-state index contributed by atoms with van der Waals surface area (Å²) in [6.45, 7) is 0. The fraction of sp³-hybridized carbons (Fsp3) is 0.400. The average molecular weight is 364 g/mol. The van der Waals surface area contributed by atoms with Crippen LogP contribution in [0.25, 0.3) is 11.0 Å². The van der Waals surface area contributed by atoms with Gasteiger partial charge in [-0.3, -0.25) is 10.0 Å².